The molecule has 3 nitrogen and oxygen atoms in total. The average molecular weight is 227 g/mol. The lowest BCUT2D eigenvalue weighted by molar-refractivity contribution is 0.634. The molecule has 86 valence electrons. The highest BCUT2D eigenvalue weighted by molar-refractivity contribution is 8.00. The second-order valence-corrected chi connectivity index (χ2v) is 5.58. The summed E-state index contributed by atoms with van der Waals surface area (Å²) in [5.74, 6) is 0.648. The SMILES string of the molecule is CCc1nn(C)c(SC(C)C(C)C)c1N. The summed E-state index contributed by atoms with van der Waals surface area (Å²) in [6, 6.07) is 0. The molecule has 2 N–H and O–H groups in total. The first-order valence-electron chi connectivity index (χ1n) is 5.45. The van der Waals surface area contributed by atoms with Gasteiger partial charge < -0.3 is 5.73 Å². The highest BCUT2D eigenvalue weighted by Gasteiger charge is 2.17. The van der Waals surface area contributed by atoms with Crippen molar-refractivity contribution in [3.8, 4) is 0 Å². The quantitative estimate of drug-likeness (QED) is 0.804. The molecular formula is C11H21N3S. The molecule has 0 radical (unpaired) electrons. The van der Waals surface area contributed by atoms with E-state index in [4.69, 9.17) is 5.73 Å². The molecule has 0 amide bonds. The standard InChI is InChI=1S/C11H21N3S/c1-6-9-10(12)11(14(5)13-9)15-8(4)7(2)3/h7-8H,6,12H2,1-5H3. The smallest absolute Gasteiger partial charge is 0.117 e. The van der Waals surface area contributed by atoms with Gasteiger partial charge in [-0.2, -0.15) is 5.10 Å². The predicted octanol–water partition coefficient (Wildman–Crippen LogP) is 2.70. The van der Waals surface area contributed by atoms with Crippen molar-refractivity contribution in [2.75, 3.05) is 5.73 Å². The van der Waals surface area contributed by atoms with Crippen molar-refractivity contribution in [3.63, 3.8) is 0 Å². The van der Waals surface area contributed by atoms with Crippen LogP contribution in [-0.2, 0) is 13.5 Å². The molecule has 0 aliphatic carbocycles. The molecule has 1 heterocycles. The Hall–Kier alpha value is -0.640. The number of nitrogens with two attached hydrogens (primary N) is 1. The Morgan fingerprint density at radius 3 is 2.40 bits per heavy atom. The van der Waals surface area contributed by atoms with Gasteiger partial charge in [-0.3, -0.25) is 4.68 Å². The number of thioether (sulfide) groups is 1. The van der Waals surface area contributed by atoms with Crippen LogP contribution in [-0.4, -0.2) is 15.0 Å². The molecule has 0 fully saturated rings. The van der Waals surface area contributed by atoms with Crippen LogP contribution >= 0.6 is 11.8 Å². The maximum atomic E-state index is 6.06. The number of anilines is 1. The van der Waals surface area contributed by atoms with Crippen LogP contribution in [0.15, 0.2) is 5.03 Å². The number of aryl methyl sites for hydroxylation is 2. The van der Waals surface area contributed by atoms with Gasteiger partial charge in [0.1, 0.15) is 5.03 Å². The number of rotatable bonds is 4. The number of nitrogens with zero attached hydrogens (tertiary/aromatic N) is 2. The number of aromatic nitrogens is 2. The zero-order valence-electron chi connectivity index (χ0n) is 10.2. The fourth-order valence-electron chi connectivity index (χ4n) is 1.29. The monoisotopic (exact) mass is 227 g/mol. The topological polar surface area (TPSA) is 43.8 Å². The fraction of sp³-hybridized carbons (Fsp3) is 0.727. The van der Waals surface area contributed by atoms with Crippen LogP contribution in [0.4, 0.5) is 5.69 Å². The fourth-order valence-corrected chi connectivity index (χ4v) is 2.35. The highest BCUT2D eigenvalue weighted by Crippen LogP contribution is 2.33. The van der Waals surface area contributed by atoms with E-state index in [0.29, 0.717) is 11.2 Å². The summed E-state index contributed by atoms with van der Waals surface area (Å²) in [7, 11) is 1.96. The van der Waals surface area contributed by atoms with Gasteiger partial charge in [0.15, 0.2) is 0 Å². The minimum absolute atomic E-state index is 0.562. The number of hydrogen-bond donors (Lipinski definition) is 1. The van der Waals surface area contributed by atoms with Crippen LogP contribution in [0, 0.1) is 5.92 Å². The summed E-state index contributed by atoms with van der Waals surface area (Å²) in [6.45, 7) is 8.77. The molecule has 1 aromatic rings. The van der Waals surface area contributed by atoms with Crippen molar-refractivity contribution in [2.24, 2.45) is 13.0 Å². The Bertz CT molecular complexity index is 331. The molecule has 4 heteroatoms. The van der Waals surface area contributed by atoms with Gasteiger partial charge in [-0.05, 0) is 12.3 Å². The molecule has 1 rings (SSSR count). The Labute approximate surface area is 96.4 Å². The van der Waals surface area contributed by atoms with Crippen LogP contribution in [0.25, 0.3) is 0 Å². The van der Waals surface area contributed by atoms with E-state index in [1.807, 2.05) is 23.5 Å². The molecule has 1 atom stereocenters. The van der Waals surface area contributed by atoms with Crippen LogP contribution < -0.4 is 5.73 Å². The van der Waals surface area contributed by atoms with E-state index in [0.717, 1.165) is 22.8 Å². The molecule has 0 aromatic carbocycles. The van der Waals surface area contributed by atoms with Crippen LogP contribution in [0.5, 0.6) is 0 Å². The van der Waals surface area contributed by atoms with Gasteiger partial charge in [-0.1, -0.05) is 27.7 Å². The van der Waals surface area contributed by atoms with Gasteiger partial charge in [0.2, 0.25) is 0 Å². The van der Waals surface area contributed by atoms with E-state index in [9.17, 15) is 0 Å². The van der Waals surface area contributed by atoms with Gasteiger partial charge in [-0.15, -0.1) is 11.8 Å². The zero-order chi connectivity index (χ0) is 11.6. The largest absolute Gasteiger partial charge is 0.395 e. The molecule has 15 heavy (non-hydrogen) atoms. The molecule has 0 bridgehead atoms. The second kappa shape index (κ2) is 4.92. The third-order valence-corrected chi connectivity index (χ3v) is 4.30. The van der Waals surface area contributed by atoms with Crippen molar-refractivity contribution < 1.29 is 0 Å². The summed E-state index contributed by atoms with van der Waals surface area (Å²) in [6.07, 6.45) is 0.899. The van der Waals surface area contributed by atoms with Crippen LogP contribution in [0.2, 0.25) is 0 Å². The van der Waals surface area contributed by atoms with Gasteiger partial charge in [0, 0.05) is 12.3 Å². The van der Waals surface area contributed by atoms with E-state index in [2.05, 4.69) is 32.8 Å². The summed E-state index contributed by atoms with van der Waals surface area (Å²) in [5, 5.41) is 6.08. The highest BCUT2D eigenvalue weighted by atomic mass is 32.2. The minimum Gasteiger partial charge on any atom is -0.395 e. The summed E-state index contributed by atoms with van der Waals surface area (Å²) in [5.41, 5.74) is 7.93. The molecule has 1 unspecified atom stereocenters. The van der Waals surface area contributed by atoms with Crippen LogP contribution in [0.3, 0.4) is 0 Å². The Balaban J connectivity index is 2.89. The normalized spacial score (nSPS) is 13.5. The first-order chi connectivity index (χ1) is 6.97. The molecule has 0 aliphatic heterocycles. The third kappa shape index (κ3) is 2.68. The van der Waals surface area contributed by atoms with Gasteiger partial charge in [-0.25, -0.2) is 0 Å². The van der Waals surface area contributed by atoms with E-state index in [-0.39, 0.29) is 0 Å². The number of nitrogen functional groups attached to an aromatic ring is 1. The van der Waals surface area contributed by atoms with E-state index in [1.54, 1.807) is 0 Å². The van der Waals surface area contributed by atoms with E-state index < -0.39 is 0 Å². The van der Waals surface area contributed by atoms with Crippen molar-refractivity contribution in [2.45, 2.75) is 44.4 Å². The van der Waals surface area contributed by atoms with Gasteiger partial charge >= 0.3 is 0 Å². The Kier molecular flexibility index (Phi) is 4.08. The first kappa shape index (κ1) is 12.4. The summed E-state index contributed by atoms with van der Waals surface area (Å²) in [4.78, 5) is 0. The molecule has 0 saturated heterocycles. The lowest BCUT2D eigenvalue weighted by atomic mass is 10.2. The predicted molar refractivity (Wildman–Crippen MR) is 67.2 cm³/mol. The van der Waals surface area contributed by atoms with E-state index >= 15 is 0 Å². The maximum absolute atomic E-state index is 6.06. The third-order valence-electron chi connectivity index (χ3n) is 2.68. The maximum Gasteiger partial charge on any atom is 0.117 e. The van der Waals surface area contributed by atoms with Gasteiger partial charge in [0.05, 0.1) is 11.4 Å². The molecule has 1 aromatic heterocycles. The van der Waals surface area contributed by atoms with Crippen molar-refractivity contribution in [1.29, 1.82) is 0 Å². The average Bonchev–Trinajstić information content (AvgIpc) is 2.44. The lowest BCUT2D eigenvalue weighted by Gasteiger charge is -2.15. The van der Waals surface area contributed by atoms with Crippen molar-refractivity contribution in [1.82, 2.24) is 9.78 Å². The molecular weight excluding hydrogens is 206 g/mol. The second-order valence-electron chi connectivity index (χ2n) is 4.21. The summed E-state index contributed by atoms with van der Waals surface area (Å²) >= 11 is 1.82. The Morgan fingerprint density at radius 1 is 1.40 bits per heavy atom. The summed E-state index contributed by atoms with van der Waals surface area (Å²) < 4.78 is 1.90. The minimum atomic E-state index is 0.562. The van der Waals surface area contributed by atoms with E-state index in [1.165, 1.54) is 0 Å². The Morgan fingerprint density at radius 2 is 2.00 bits per heavy atom. The van der Waals surface area contributed by atoms with Crippen molar-refractivity contribution in [3.05, 3.63) is 5.69 Å². The molecule has 0 spiro atoms. The lowest BCUT2D eigenvalue weighted by Crippen LogP contribution is -2.07. The van der Waals surface area contributed by atoms with Gasteiger partial charge in [0.25, 0.3) is 0 Å². The van der Waals surface area contributed by atoms with Crippen molar-refractivity contribution >= 4 is 17.4 Å². The van der Waals surface area contributed by atoms with Crippen LogP contribution in [0.1, 0.15) is 33.4 Å². The molecule has 0 saturated carbocycles. The number of hydrogen-bond acceptors (Lipinski definition) is 3. The first-order valence-corrected chi connectivity index (χ1v) is 6.33. The molecule has 0 aliphatic rings. The zero-order valence-corrected chi connectivity index (χ0v) is 11.1.